The fraction of sp³-hybridized carbons (Fsp3) is 0.667. The number of carbonyl (C=O) groups excluding carboxylic acids is 1. The Morgan fingerprint density at radius 3 is 2.56 bits per heavy atom. The molecule has 0 atom stereocenters. The summed E-state index contributed by atoms with van der Waals surface area (Å²) in [5.41, 5.74) is 0. The largest absolute Gasteiger partial charge is 0.303 e. The van der Waals surface area contributed by atoms with E-state index < -0.39 is 0 Å². The second-order valence-electron chi connectivity index (χ2n) is 1.91. The van der Waals surface area contributed by atoms with Gasteiger partial charge in [-0.25, -0.2) is 0 Å². The van der Waals surface area contributed by atoms with Crippen LogP contribution in [-0.2, 0) is 4.79 Å². The quantitative estimate of drug-likeness (QED) is 0.410. The Hall–Kier alpha value is -0.860. The monoisotopic (exact) mass is 128 g/mol. The maximum atomic E-state index is 10.5. The molecule has 0 aliphatic rings. The SMILES string of the molecule is CCC(=O)/C=N/N(C)C. The molecule has 0 saturated carbocycles. The van der Waals surface area contributed by atoms with Crippen LogP contribution in [0.4, 0.5) is 0 Å². The molecule has 0 bridgehead atoms. The molecule has 52 valence electrons. The van der Waals surface area contributed by atoms with Crippen LogP contribution in [0.5, 0.6) is 0 Å². The van der Waals surface area contributed by atoms with Gasteiger partial charge in [-0.2, -0.15) is 5.10 Å². The molecule has 0 heterocycles. The van der Waals surface area contributed by atoms with Crippen molar-refractivity contribution in [2.45, 2.75) is 13.3 Å². The van der Waals surface area contributed by atoms with Crippen molar-refractivity contribution < 1.29 is 4.79 Å². The molecule has 0 aliphatic carbocycles. The van der Waals surface area contributed by atoms with Crippen LogP contribution in [0.2, 0.25) is 0 Å². The molecule has 0 aromatic carbocycles. The lowest BCUT2D eigenvalue weighted by molar-refractivity contribution is -0.112. The Morgan fingerprint density at radius 1 is 1.67 bits per heavy atom. The summed E-state index contributed by atoms with van der Waals surface area (Å²) < 4.78 is 0. The smallest absolute Gasteiger partial charge is 0.175 e. The van der Waals surface area contributed by atoms with Crippen molar-refractivity contribution in [1.29, 1.82) is 0 Å². The van der Waals surface area contributed by atoms with E-state index in [2.05, 4.69) is 5.10 Å². The first-order valence-electron chi connectivity index (χ1n) is 2.91. The summed E-state index contributed by atoms with van der Waals surface area (Å²) in [5.74, 6) is 0.0590. The Bertz CT molecular complexity index is 118. The van der Waals surface area contributed by atoms with Crippen molar-refractivity contribution in [3.05, 3.63) is 0 Å². The van der Waals surface area contributed by atoms with Crippen LogP contribution in [0.1, 0.15) is 13.3 Å². The lowest BCUT2D eigenvalue weighted by Crippen LogP contribution is -2.05. The lowest BCUT2D eigenvalue weighted by atomic mass is 10.3. The van der Waals surface area contributed by atoms with Gasteiger partial charge < -0.3 is 5.01 Å². The molecular formula is C6H12N2O. The van der Waals surface area contributed by atoms with Crippen LogP contribution in [0.3, 0.4) is 0 Å². The van der Waals surface area contributed by atoms with E-state index in [9.17, 15) is 4.79 Å². The molecule has 0 N–H and O–H groups in total. The van der Waals surface area contributed by atoms with Gasteiger partial charge in [0.1, 0.15) is 0 Å². The van der Waals surface area contributed by atoms with Gasteiger partial charge in [0, 0.05) is 20.5 Å². The predicted octanol–water partition coefficient (Wildman–Crippen LogP) is 0.513. The molecule has 0 aliphatic heterocycles. The normalized spacial score (nSPS) is 10.1. The van der Waals surface area contributed by atoms with Crippen LogP contribution in [0.25, 0.3) is 0 Å². The lowest BCUT2D eigenvalue weighted by Gasteiger charge is -2.00. The zero-order valence-electron chi connectivity index (χ0n) is 6.09. The van der Waals surface area contributed by atoms with Gasteiger partial charge in [0.2, 0.25) is 0 Å². The standard InChI is InChI=1S/C6H12N2O/c1-4-6(9)5-7-8(2)3/h5H,4H2,1-3H3/b7-5+. The van der Waals surface area contributed by atoms with E-state index in [1.165, 1.54) is 6.21 Å². The molecule has 0 radical (unpaired) electrons. The highest BCUT2D eigenvalue weighted by atomic mass is 16.1. The second-order valence-corrected chi connectivity index (χ2v) is 1.91. The van der Waals surface area contributed by atoms with Crippen molar-refractivity contribution in [2.24, 2.45) is 5.10 Å². The van der Waals surface area contributed by atoms with Crippen molar-refractivity contribution in [3.8, 4) is 0 Å². The van der Waals surface area contributed by atoms with Gasteiger partial charge in [0.25, 0.3) is 0 Å². The number of hydrogen-bond donors (Lipinski definition) is 0. The minimum absolute atomic E-state index is 0.0590. The number of hydrogen-bond acceptors (Lipinski definition) is 3. The van der Waals surface area contributed by atoms with Crippen LogP contribution in [0.15, 0.2) is 5.10 Å². The first kappa shape index (κ1) is 8.14. The summed E-state index contributed by atoms with van der Waals surface area (Å²) >= 11 is 0. The molecule has 3 heteroatoms. The highest BCUT2D eigenvalue weighted by Gasteiger charge is 1.88. The minimum Gasteiger partial charge on any atom is -0.303 e. The fourth-order valence-corrected chi connectivity index (χ4v) is 0.271. The summed E-state index contributed by atoms with van der Waals surface area (Å²) in [6, 6.07) is 0. The van der Waals surface area contributed by atoms with E-state index in [1.807, 2.05) is 6.92 Å². The molecule has 0 amide bonds. The average molecular weight is 128 g/mol. The predicted molar refractivity (Wildman–Crippen MR) is 37.5 cm³/mol. The van der Waals surface area contributed by atoms with Gasteiger partial charge in [0.15, 0.2) is 5.78 Å². The molecule has 3 nitrogen and oxygen atoms in total. The molecule has 9 heavy (non-hydrogen) atoms. The topological polar surface area (TPSA) is 32.7 Å². The van der Waals surface area contributed by atoms with Crippen molar-refractivity contribution in [2.75, 3.05) is 14.1 Å². The Morgan fingerprint density at radius 2 is 2.22 bits per heavy atom. The summed E-state index contributed by atoms with van der Waals surface area (Å²) in [5, 5.41) is 5.34. The first-order chi connectivity index (χ1) is 4.16. The number of carbonyl (C=O) groups is 1. The summed E-state index contributed by atoms with van der Waals surface area (Å²) in [4.78, 5) is 10.5. The summed E-state index contributed by atoms with van der Waals surface area (Å²) in [7, 11) is 3.55. The van der Waals surface area contributed by atoms with E-state index in [0.717, 1.165) is 0 Å². The van der Waals surface area contributed by atoms with Gasteiger partial charge in [-0.1, -0.05) is 6.92 Å². The van der Waals surface area contributed by atoms with Gasteiger partial charge in [-0.3, -0.25) is 4.79 Å². The van der Waals surface area contributed by atoms with Crippen molar-refractivity contribution in [3.63, 3.8) is 0 Å². The molecule has 0 unspecified atom stereocenters. The highest BCUT2D eigenvalue weighted by Crippen LogP contribution is 1.77. The molecular weight excluding hydrogens is 116 g/mol. The van der Waals surface area contributed by atoms with Gasteiger partial charge in [-0.05, 0) is 0 Å². The number of hydrazone groups is 1. The Labute approximate surface area is 55.4 Å². The molecule has 0 spiro atoms. The average Bonchev–Trinajstić information content (AvgIpc) is 1.83. The minimum atomic E-state index is 0.0590. The van der Waals surface area contributed by atoms with Gasteiger partial charge >= 0.3 is 0 Å². The third-order valence-corrected chi connectivity index (χ3v) is 0.781. The maximum absolute atomic E-state index is 10.5. The molecule has 0 saturated heterocycles. The number of Topliss-reactive ketones (excluding diaryl/α,β-unsaturated/α-hetero) is 1. The number of rotatable bonds is 3. The third kappa shape index (κ3) is 5.00. The van der Waals surface area contributed by atoms with Crippen molar-refractivity contribution in [1.82, 2.24) is 5.01 Å². The van der Waals surface area contributed by atoms with Crippen LogP contribution in [0, 0.1) is 0 Å². The summed E-state index contributed by atoms with van der Waals surface area (Å²) in [6.07, 6.45) is 1.86. The third-order valence-electron chi connectivity index (χ3n) is 0.781. The van der Waals surface area contributed by atoms with E-state index in [1.54, 1.807) is 19.1 Å². The highest BCUT2D eigenvalue weighted by molar-refractivity contribution is 6.27. The molecule has 0 aromatic rings. The Balaban J connectivity index is 3.57. The van der Waals surface area contributed by atoms with Gasteiger partial charge in [-0.15, -0.1) is 0 Å². The maximum Gasteiger partial charge on any atom is 0.175 e. The van der Waals surface area contributed by atoms with Gasteiger partial charge in [0.05, 0.1) is 6.21 Å². The number of ketones is 1. The van der Waals surface area contributed by atoms with Crippen LogP contribution < -0.4 is 0 Å². The van der Waals surface area contributed by atoms with E-state index >= 15 is 0 Å². The van der Waals surface area contributed by atoms with Crippen LogP contribution in [-0.4, -0.2) is 31.1 Å². The molecule has 0 aromatic heterocycles. The number of nitrogens with zero attached hydrogens (tertiary/aromatic N) is 2. The van der Waals surface area contributed by atoms with Crippen molar-refractivity contribution >= 4 is 12.0 Å². The van der Waals surface area contributed by atoms with Crippen LogP contribution >= 0.6 is 0 Å². The first-order valence-corrected chi connectivity index (χ1v) is 2.91. The molecule has 0 rings (SSSR count). The zero-order valence-corrected chi connectivity index (χ0v) is 6.09. The zero-order chi connectivity index (χ0) is 7.28. The van der Waals surface area contributed by atoms with E-state index in [4.69, 9.17) is 0 Å². The second kappa shape index (κ2) is 4.06. The van der Waals surface area contributed by atoms with E-state index in [0.29, 0.717) is 6.42 Å². The fourth-order valence-electron chi connectivity index (χ4n) is 0.271. The summed E-state index contributed by atoms with van der Waals surface area (Å²) in [6.45, 7) is 1.81. The van der Waals surface area contributed by atoms with E-state index in [-0.39, 0.29) is 5.78 Å². The Kier molecular flexibility index (Phi) is 3.67. The molecule has 0 fully saturated rings.